The molecule has 0 saturated heterocycles. The molecule has 8 nitrogen and oxygen atoms in total. The lowest BCUT2D eigenvalue weighted by Gasteiger charge is -2.04. The summed E-state index contributed by atoms with van der Waals surface area (Å²) in [5.41, 5.74) is 5.00. The van der Waals surface area contributed by atoms with E-state index in [0.29, 0.717) is 26.6 Å². The number of ether oxygens (including phenoxy) is 1. The van der Waals surface area contributed by atoms with E-state index >= 15 is 0 Å². The van der Waals surface area contributed by atoms with Crippen molar-refractivity contribution in [1.82, 2.24) is 4.98 Å². The van der Waals surface area contributed by atoms with Crippen molar-refractivity contribution >= 4 is 57.5 Å². The first-order valence-corrected chi connectivity index (χ1v) is 11.3. The zero-order chi connectivity index (χ0) is 24.1. The standard InChI is InChI=1S/C23H14Cl2N4O4S/c24-16-6-9-19(20(25)11-16)21-13-34-23(27-21)28-26-12-14-4-7-18(8-5-14)33-22(30)15-2-1-3-17(10-15)29(31)32/h1-13H,(H,27,28)/b26-12-. The predicted octanol–water partition coefficient (Wildman–Crippen LogP) is 6.69. The molecule has 0 spiro atoms. The highest BCUT2D eigenvalue weighted by atomic mass is 35.5. The number of thiazole rings is 1. The van der Waals surface area contributed by atoms with Gasteiger partial charge in [0.25, 0.3) is 5.69 Å². The summed E-state index contributed by atoms with van der Waals surface area (Å²) in [5.74, 6) is -0.391. The zero-order valence-corrected chi connectivity index (χ0v) is 19.5. The van der Waals surface area contributed by atoms with Crippen LogP contribution < -0.4 is 10.2 Å². The first-order valence-electron chi connectivity index (χ1n) is 9.66. The summed E-state index contributed by atoms with van der Waals surface area (Å²) < 4.78 is 5.28. The third kappa shape index (κ3) is 5.76. The van der Waals surface area contributed by atoms with E-state index in [1.165, 1.54) is 35.6 Å². The smallest absolute Gasteiger partial charge is 0.343 e. The molecule has 1 heterocycles. The zero-order valence-electron chi connectivity index (χ0n) is 17.1. The van der Waals surface area contributed by atoms with E-state index in [0.717, 1.165) is 11.1 Å². The van der Waals surface area contributed by atoms with Crippen LogP contribution in [0.3, 0.4) is 0 Å². The highest BCUT2D eigenvalue weighted by Crippen LogP contribution is 2.32. The van der Waals surface area contributed by atoms with Gasteiger partial charge in [-0.15, -0.1) is 11.3 Å². The maximum absolute atomic E-state index is 12.2. The van der Waals surface area contributed by atoms with Crippen molar-refractivity contribution in [3.8, 4) is 17.0 Å². The monoisotopic (exact) mass is 512 g/mol. The molecule has 1 N–H and O–H groups in total. The lowest BCUT2D eigenvalue weighted by Crippen LogP contribution is -2.08. The molecule has 0 fully saturated rings. The molecule has 0 aliphatic rings. The lowest BCUT2D eigenvalue weighted by molar-refractivity contribution is -0.384. The van der Waals surface area contributed by atoms with Gasteiger partial charge in [0.1, 0.15) is 5.75 Å². The van der Waals surface area contributed by atoms with E-state index in [2.05, 4.69) is 15.5 Å². The Labute approximate surface area is 207 Å². The number of nitrogens with zero attached hydrogens (tertiary/aromatic N) is 3. The third-order valence-corrected chi connectivity index (χ3v) is 5.76. The highest BCUT2D eigenvalue weighted by molar-refractivity contribution is 7.14. The quantitative estimate of drug-likeness (QED) is 0.0970. The minimum atomic E-state index is -0.688. The Hall–Kier alpha value is -3.79. The van der Waals surface area contributed by atoms with Crippen LogP contribution in [-0.2, 0) is 0 Å². The van der Waals surface area contributed by atoms with Gasteiger partial charge in [-0.2, -0.15) is 5.10 Å². The van der Waals surface area contributed by atoms with E-state index < -0.39 is 10.9 Å². The van der Waals surface area contributed by atoms with Crippen molar-refractivity contribution < 1.29 is 14.5 Å². The molecule has 4 aromatic rings. The number of carbonyl (C=O) groups is 1. The number of non-ortho nitro benzene ring substituents is 1. The fourth-order valence-electron chi connectivity index (χ4n) is 2.84. The van der Waals surface area contributed by atoms with Crippen LogP contribution in [0.25, 0.3) is 11.3 Å². The summed E-state index contributed by atoms with van der Waals surface area (Å²) in [6.45, 7) is 0. The first-order chi connectivity index (χ1) is 16.4. The van der Waals surface area contributed by atoms with Crippen LogP contribution in [0.1, 0.15) is 15.9 Å². The van der Waals surface area contributed by atoms with Gasteiger partial charge in [0.15, 0.2) is 0 Å². The molecule has 4 rings (SSSR count). The molecule has 0 saturated carbocycles. The largest absolute Gasteiger partial charge is 0.423 e. The van der Waals surface area contributed by atoms with Gasteiger partial charge >= 0.3 is 5.97 Å². The fraction of sp³-hybridized carbons (Fsp3) is 0. The Morgan fingerprint density at radius 1 is 1.12 bits per heavy atom. The minimum Gasteiger partial charge on any atom is -0.423 e. The van der Waals surface area contributed by atoms with E-state index in [1.54, 1.807) is 48.7 Å². The Morgan fingerprint density at radius 3 is 2.65 bits per heavy atom. The van der Waals surface area contributed by atoms with Gasteiger partial charge in [0.05, 0.1) is 27.4 Å². The van der Waals surface area contributed by atoms with Crippen LogP contribution in [0.4, 0.5) is 10.8 Å². The van der Waals surface area contributed by atoms with Gasteiger partial charge < -0.3 is 4.74 Å². The first kappa shape index (κ1) is 23.4. The number of nitrogens with one attached hydrogen (secondary N) is 1. The van der Waals surface area contributed by atoms with Gasteiger partial charge in [0, 0.05) is 28.1 Å². The summed E-state index contributed by atoms with van der Waals surface area (Å²) in [4.78, 5) is 27.0. The van der Waals surface area contributed by atoms with Gasteiger partial charge in [0.2, 0.25) is 5.13 Å². The molecule has 0 aliphatic heterocycles. The number of hydrazone groups is 1. The van der Waals surface area contributed by atoms with Crippen LogP contribution >= 0.6 is 34.5 Å². The summed E-state index contributed by atoms with van der Waals surface area (Å²) >= 11 is 13.5. The number of hydrogen-bond donors (Lipinski definition) is 1. The van der Waals surface area contributed by atoms with Crippen molar-refractivity contribution in [2.75, 3.05) is 5.43 Å². The summed E-state index contributed by atoms with van der Waals surface area (Å²) in [5, 5.41) is 18.5. The number of halogens is 2. The van der Waals surface area contributed by atoms with Crippen LogP contribution in [0, 0.1) is 10.1 Å². The Balaban J connectivity index is 1.35. The van der Waals surface area contributed by atoms with E-state index in [-0.39, 0.29) is 11.3 Å². The molecule has 3 aromatic carbocycles. The van der Waals surface area contributed by atoms with Crippen molar-refractivity contribution in [1.29, 1.82) is 0 Å². The predicted molar refractivity (Wildman–Crippen MR) is 133 cm³/mol. The molecular formula is C23H14Cl2N4O4S. The van der Waals surface area contributed by atoms with Crippen LogP contribution in [-0.4, -0.2) is 22.1 Å². The number of nitro benzene ring substituents is 1. The number of anilines is 1. The average molecular weight is 513 g/mol. The minimum absolute atomic E-state index is 0.0896. The van der Waals surface area contributed by atoms with Crippen LogP contribution in [0.15, 0.2) is 77.2 Å². The average Bonchev–Trinajstić information content (AvgIpc) is 3.29. The van der Waals surface area contributed by atoms with E-state index in [1.807, 2.05) is 5.38 Å². The molecule has 0 aliphatic carbocycles. The second-order valence-corrected chi connectivity index (χ2v) is 8.50. The van der Waals surface area contributed by atoms with E-state index in [4.69, 9.17) is 27.9 Å². The Bertz CT molecular complexity index is 1390. The second-order valence-electron chi connectivity index (χ2n) is 6.80. The number of nitro groups is 1. The number of rotatable bonds is 7. The second kappa shape index (κ2) is 10.4. The number of hydrogen-bond acceptors (Lipinski definition) is 8. The molecule has 0 radical (unpaired) electrons. The van der Waals surface area contributed by atoms with Crippen molar-refractivity contribution in [2.45, 2.75) is 0 Å². The topological polar surface area (TPSA) is 107 Å². The van der Waals surface area contributed by atoms with E-state index in [9.17, 15) is 14.9 Å². The Morgan fingerprint density at radius 2 is 1.91 bits per heavy atom. The lowest BCUT2D eigenvalue weighted by atomic mass is 10.2. The van der Waals surface area contributed by atoms with Gasteiger partial charge in [-0.1, -0.05) is 29.3 Å². The van der Waals surface area contributed by atoms with Crippen LogP contribution in [0.2, 0.25) is 10.0 Å². The molecule has 170 valence electrons. The third-order valence-electron chi connectivity index (χ3n) is 4.47. The molecule has 34 heavy (non-hydrogen) atoms. The molecular weight excluding hydrogens is 499 g/mol. The van der Waals surface area contributed by atoms with Crippen molar-refractivity contribution in [2.24, 2.45) is 5.10 Å². The normalized spacial score (nSPS) is 10.9. The summed E-state index contributed by atoms with van der Waals surface area (Å²) in [7, 11) is 0. The molecule has 11 heteroatoms. The van der Waals surface area contributed by atoms with Gasteiger partial charge in [-0.25, -0.2) is 9.78 Å². The maximum Gasteiger partial charge on any atom is 0.343 e. The fourth-order valence-corrected chi connectivity index (χ4v) is 4.01. The van der Waals surface area contributed by atoms with Crippen LogP contribution in [0.5, 0.6) is 5.75 Å². The number of aromatic nitrogens is 1. The van der Waals surface area contributed by atoms with Gasteiger partial charge in [-0.05, 0) is 54.1 Å². The van der Waals surface area contributed by atoms with Gasteiger partial charge in [-0.3, -0.25) is 15.5 Å². The van der Waals surface area contributed by atoms with Crippen molar-refractivity contribution in [3.05, 3.63) is 103 Å². The molecule has 0 amide bonds. The molecule has 1 aromatic heterocycles. The summed E-state index contributed by atoms with van der Waals surface area (Å²) in [6, 6.07) is 17.2. The SMILES string of the molecule is O=C(Oc1ccc(/C=N\Nc2nc(-c3ccc(Cl)cc3Cl)cs2)cc1)c1cccc([N+](=O)[O-])c1. The number of esters is 1. The Kier molecular flexibility index (Phi) is 7.17. The highest BCUT2D eigenvalue weighted by Gasteiger charge is 2.13. The molecule has 0 bridgehead atoms. The molecule has 0 unspecified atom stereocenters. The molecule has 0 atom stereocenters. The maximum atomic E-state index is 12.2. The summed E-state index contributed by atoms with van der Waals surface area (Å²) in [6.07, 6.45) is 1.59. The van der Waals surface area contributed by atoms with Crippen molar-refractivity contribution in [3.63, 3.8) is 0 Å². The number of carbonyl (C=O) groups excluding carboxylic acids is 1. The number of benzene rings is 3.